The standard InChI is InChI=1S/C13H13N/c1-2-3-4-7-11-10-14-13-9-6-5-8-12(11)13/h2-10,14H,1H3/b3-2-,7-4-. The second kappa shape index (κ2) is 3.97. The van der Waals surface area contributed by atoms with Crippen molar-refractivity contribution >= 4 is 17.0 Å². The fourth-order valence-corrected chi connectivity index (χ4v) is 1.50. The van der Waals surface area contributed by atoms with E-state index in [0.29, 0.717) is 0 Å². The van der Waals surface area contributed by atoms with Crippen molar-refractivity contribution in [3.8, 4) is 0 Å². The molecule has 0 atom stereocenters. The number of aromatic amines is 1. The third kappa shape index (κ3) is 1.62. The predicted octanol–water partition coefficient (Wildman–Crippen LogP) is 3.76. The van der Waals surface area contributed by atoms with Gasteiger partial charge in [-0.05, 0) is 18.6 Å². The third-order valence-electron chi connectivity index (χ3n) is 2.20. The van der Waals surface area contributed by atoms with E-state index in [2.05, 4.69) is 35.3 Å². The van der Waals surface area contributed by atoms with Crippen molar-refractivity contribution in [2.75, 3.05) is 0 Å². The molecule has 0 saturated heterocycles. The van der Waals surface area contributed by atoms with Gasteiger partial charge in [-0.3, -0.25) is 0 Å². The Morgan fingerprint density at radius 1 is 1.14 bits per heavy atom. The first-order valence-corrected chi connectivity index (χ1v) is 4.77. The lowest BCUT2D eigenvalue weighted by molar-refractivity contribution is 1.47. The molecule has 1 heteroatoms. The maximum absolute atomic E-state index is 3.24. The summed E-state index contributed by atoms with van der Waals surface area (Å²) in [6.45, 7) is 2.01. The largest absolute Gasteiger partial charge is 0.361 e. The molecule has 0 radical (unpaired) electrons. The van der Waals surface area contributed by atoms with Gasteiger partial charge < -0.3 is 4.98 Å². The van der Waals surface area contributed by atoms with Crippen LogP contribution in [0.3, 0.4) is 0 Å². The van der Waals surface area contributed by atoms with Gasteiger partial charge in [0.25, 0.3) is 0 Å². The molecule has 1 nitrogen and oxygen atoms in total. The molecule has 0 fully saturated rings. The molecule has 0 spiro atoms. The van der Waals surface area contributed by atoms with Crippen molar-refractivity contribution in [2.24, 2.45) is 0 Å². The lowest BCUT2D eigenvalue weighted by atomic mass is 10.1. The Hall–Kier alpha value is -1.76. The topological polar surface area (TPSA) is 15.8 Å². The number of rotatable bonds is 2. The van der Waals surface area contributed by atoms with Gasteiger partial charge in [0.15, 0.2) is 0 Å². The minimum absolute atomic E-state index is 1.19. The number of fused-ring (bicyclic) bond motifs is 1. The number of hydrogen-bond donors (Lipinski definition) is 1. The Bertz CT molecular complexity index is 475. The average molecular weight is 183 g/mol. The lowest BCUT2D eigenvalue weighted by Crippen LogP contribution is -1.66. The zero-order valence-electron chi connectivity index (χ0n) is 8.20. The van der Waals surface area contributed by atoms with E-state index >= 15 is 0 Å². The SMILES string of the molecule is C/C=C\C=C/c1c[nH]c2ccccc12. The normalized spacial score (nSPS) is 12.1. The number of benzene rings is 1. The van der Waals surface area contributed by atoms with Crippen LogP contribution in [0.1, 0.15) is 12.5 Å². The van der Waals surface area contributed by atoms with E-state index in [0.717, 1.165) is 0 Å². The predicted molar refractivity (Wildman–Crippen MR) is 62.1 cm³/mol. The molecule has 0 saturated carbocycles. The summed E-state index contributed by atoms with van der Waals surface area (Å²) in [5.41, 5.74) is 2.42. The molecule has 1 heterocycles. The molecule has 2 aromatic rings. The fraction of sp³-hybridized carbons (Fsp3) is 0.0769. The average Bonchev–Trinajstić information content (AvgIpc) is 2.63. The van der Waals surface area contributed by atoms with Gasteiger partial charge >= 0.3 is 0 Å². The number of nitrogens with one attached hydrogen (secondary N) is 1. The van der Waals surface area contributed by atoms with E-state index < -0.39 is 0 Å². The Kier molecular flexibility index (Phi) is 2.50. The zero-order chi connectivity index (χ0) is 9.80. The molecule has 1 aromatic carbocycles. The summed E-state index contributed by atoms with van der Waals surface area (Å²) < 4.78 is 0. The summed E-state index contributed by atoms with van der Waals surface area (Å²) in [7, 11) is 0. The summed E-state index contributed by atoms with van der Waals surface area (Å²) in [5, 5.41) is 1.27. The molecule has 2 rings (SSSR count). The van der Waals surface area contributed by atoms with Gasteiger partial charge in [-0.25, -0.2) is 0 Å². The monoisotopic (exact) mass is 183 g/mol. The van der Waals surface area contributed by atoms with Gasteiger partial charge in [0, 0.05) is 17.1 Å². The highest BCUT2D eigenvalue weighted by atomic mass is 14.7. The van der Waals surface area contributed by atoms with Crippen molar-refractivity contribution < 1.29 is 0 Å². The Balaban J connectivity index is 2.43. The number of hydrogen-bond acceptors (Lipinski definition) is 0. The van der Waals surface area contributed by atoms with E-state index in [1.807, 2.05) is 31.3 Å². The van der Waals surface area contributed by atoms with Crippen LogP contribution in [0.4, 0.5) is 0 Å². The van der Waals surface area contributed by atoms with Crippen LogP contribution in [0.25, 0.3) is 17.0 Å². The first-order valence-electron chi connectivity index (χ1n) is 4.77. The van der Waals surface area contributed by atoms with Crippen molar-refractivity contribution in [3.63, 3.8) is 0 Å². The minimum atomic E-state index is 1.19. The summed E-state index contributed by atoms with van der Waals surface area (Å²) in [4.78, 5) is 3.24. The van der Waals surface area contributed by atoms with Gasteiger partial charge in [-0.15, -0.1) is 0 Å². The molecule has 0 unspecified atom stereocenters. The first kappa shape index (κ1) is 8.82. The van der Waals surface area contributed by atoms with Crippen LogP contribution < -0.4 is 0 Å². The van der Waals surface area contributed by atoms with Crippen LogP contribution in [0.2, 0.25) is 0 Å². The number of aromatic nitrogens is 1. The molecule has 0 amide bonds. The molecular formula is C13H13N. The van der Waals surface area contributed by atoms with Crippen molar-refractivity contribution in [3.05, 3.63) is 54.3 Å². The van der Waals surface area contributed by atoms with E-state index in [1.165, 1.54) is 16.5 Å². The smallest absolute Gasteiger partial charge is 0.0460 e. The maximum atomic E-state index is 3.24. The van der Waals surface area contributed by atoms with E-state index in [9.17, 15) is 0 Å². The zero-order valence-corrected chi connectivity index (χ0v) is 8.20. The number of H-pyrrole nitrogens is 1. The fourth-order valence-electron chi connectivity index (χ4n) is 1.50. The quantitative estimate of drug-likeness (QED) is 0.682. The van der Waals surface area contributed by atoms with Crippen LogP contribution in [-0.2, 0) is 0 Å². The second-order valence-corrected chi connectivity index (χ2v) is 3.17. The van der Waals surface area contributed by atoms with Gasteiger partial charge in [-0.1, -0.05) is 42.5 Å². The highest BCUT2D eigenvalue weighted by molar-refractivity contribution is 5.88. The first-order chi connectivity index (χ1) is 6.92. The molecule has 1 aromatic heterocycles. The lowest BCUT2D eigenvalue weighted by Gasteiger charge is -1.89. The van der Waals surface area contributed by atoms with Crippen molar-refractivity contribution in [2.45, 2.75) is 6.92 Å². The van der Waals surface area contributed by atoms with Gasteiger partial charge in [0.2, 0.25) is 0 Å². The molecular weight excluding hydrogens is 170 g/mol. The Morgan fingerprint density at radius 3 is 2.86 bits per heavy atom. The molecule has 1 N–H and O–H groups in total. The van der Waals surface area contributed by atoms with Crippen LogP contribution in [0, 0.1) is 0 Å². The Labute approximate surface area is 83.8 Å². The molecule has 70 valence electrons. The van der Waals surface area contributed by atoms with Gasteiger partial charge in [-0.2, -0.15) is 0 Å². The van der Waals surface area contributed by atoms with E-state index in [1.54, 1.807) is 0 Å². The molecule has 0 bridgehead atoms. The number of allylic oxidation sites excluding steroid dienone is 3. The second-order valence-electron chi connectivity index (χ2n) is 3.17. The minimum Gasteiger partial charge on any atom is -0.361 e. The van der Waals surface area contributed by atoms with Crippen molar-refractivity contribution in [1.82, 2.24) is 4.98 Å². The van der Waals surface area contributed by atoms with Crippen LogP contribution >= 0.6 is 0 Å². The van der Waals surface area contributed by atoms with Crippen LogP contribution in [-0.4, -0.2) is 4.98 Å². The summed E-state index contributed by atoms with van der Waals surface area (Å²) in [6.07, 6.45) is 10.2. The van der Waals surface area contributed by atoms with E-state index in [4.69, 9.17) is 0 Å². The van der Waals surface area contributed by atoms with Crippen LogP contribution in [0.5, 0.6) is 0 Å². The van der Waals surface area contributed by atoms with Crippen molar-refractivity contribution in [1.29, 1.82) is 0 Å². The highest BCUT2D eigenvalue weighted by Gasteiger charge is 1.97. The molecule has 0 aliphatic heterocycles. The maximum Gasteiger partial charge on any atom is 0.0460 e. The molecule has 14 heavy (non-hydrogen) atoms. The Morgan fingerprint density at radius 2 is 2.00 bits per heavy atom. The molecule has 0 aliphatic rings. The summed E-state index contributed by atoms with van der Waals surface area (Å²) in [5.74, 6) is 0. The highest BCUT2D eigenvalue weighted by Crippen LogP contribution is 2.18. The summed E-state index contributed by atoms with van der Waals surface area (Å²) >= 11 is 0. The van der Waals surface area contributed by atoms with Crippen LogP contribution in [0.15, 0.2) is 48.7 Å². The molecule has 0 aliphatic carbocycles. The van der Waals surface area contributed by atoms with Gasteiger partial charge in [0.05, 0.1) is 0 Å². The summed E-state index contributed by atoms with van der Waals surface area (Å²) in [6, 6.07) is 8.31. The van der Waals surface area contributed by atoms with Gasteiger partial charge in [0.1, 0.15) is 0 Å². The van der Waals surface area contributed by atoms with E-state index in [-0.39, 0.29) is 0 Å². The third-order valence-corrected chi connectivity index (χ3v) is 2.20. The number of para-hydroxylation sites is 1.